The Labute approximate surface area is 111 Å². The van der Waals surface area contributed by atoms with E-state index in [1.54, 1.807) is 12.1 Å². The van der Waals surface area contributed by atoms with Crippen LogP contribution in [-0.4, -0.2) is 8.42 Å². The van der Waals surface area contributed by atoms with Gasteiger partial charge in [0.25, 0.3) is 0 Å². The molecule has 0 amide bonds. The zero-order valence-corrected chi connectivity index (χ0v) is 11.3. The molecule has 0 atom stereocenters. The molecule has 2 aromatic rings. The third-order valence-corrected chi connectivity index (χ3v) is 5.41. The van der Waals surface area contributed by atoms with Gasteiger partial charge in [0.15, 0.2) is 0 Å². The zero-order valence-electron chi connectivity index (χ0n) is 9.67. The van der Waals surface area contributed by atoms with Gasteiger partial charge < -0.3 is 5.73 Å². The van der Waals surface area contributed by atoms with E-state index >= 15 is 0 Å². The van der Waals surface area contributed by atoms with Crippen molar-refractivity contribution in [3.63, 3.8) is 0 Å². The van der Waals surface area contributed by atoms with Gasteiger partial charge in [-0.1, -0.05) is 30.3 Å². The molecule has 18 heavy (non-hydrogen) atoms. The molecule has 1 heterocycles. The van der Waals surface area contributed by atoms with E-state index in [-0.39, 0.29) is 0 Å². The lowest BCUT2D eigenvalue weighted by Gasteiger charge is -2.04. The molecule has 3 N–H and O–H groups in total. The Bertz CT molecular complexity index is 606. The maximum absolute atomic E-state index is 12.0. The summed E-state index contributed by atoms with van der Waals surface area (Å²) in [5.41, 5.74) is 6.39. The lowest BCUT2D eigenvalue weighted by Crippen LogP contribution is -2.22. The predicted molar refractivity (Wildman–Crippen MR) is 72.7 cm³/mol. The molecule has 0 radical (unpaired) electrons. The molecule has 0 unspecified atom stereocenters. The van der Waals surface area contributed by atoms with E-state index in [1.165, 1.54) is 11.3 Å². The van der Waals surface area contributed by atoms with E-state index in [4.69, 9.17) is 5.73 Å². The van der Waals surface area contributed by atoms with E-state index in [0.717, 1.165) is 10.4 Å². The number of benzene rings is 1. The van der Waals surface area contributed by atoms with E-state index in [2.05, 4.69) is 4.72 Å². The van der Waals surface area contributed by atoms with Gasteiger partial charge in [0, 0.05) is 18.0 Å². The molecular formula is C12H14N2O2S2. The SMILES string of the molecule is NCc1ccc(S(=O)(=O)NCc2ccccc2)s1. The average Bonchev–Trinajstić information content (AvgIpc) is 2.87. The van der Waals surface area contributed by atoms with Crippen molar-refractivity contribution in [3.8, 4) is 0 Å². The van der Waals surface area contributed by atoms with Crippen LogP contribution in [0.15, 0.2) is 46.7 Å². The number of nitrogens with two attached hydrogens (primary N) is 1. The minimum absolute atomic E-state index is 0.291. The van der Waals surface area contributed by atoms with E-state index in [0.29, 0.717) is 17.3 Å². The fourth-order valence-electron chi connectivity index (χ4n) is 1.46. The Morgan fingerprint density at radius 3 is 2.44 bits per heavy atom. The van der Waals surface area contributed by atoms with Gasteiger partial charge >= 0.3 is 0 Å². The molecule has 0 aliphatic rings. The molecule has 0 bridgehead atoms. The molecule has 6 heteroatoms. The summed E-state index contributed by atoms with van der Waals surface area (Å²) in [6.45, 7) is 0.651. The van der Waals surface area contributed by atoms with E-state index < -0.39 is 10.0 Å². The normalized spacial score (nSPS) is 11.6. The summed E-state index contributed by atoms with van der Waals surface area (Å²) >= 11 is 1.20. The lowest BCUT2D eigenvalue weighted by atomic mass is 10.2. The Kier molecular flexibility index (Phi) is 4.13. The molecule has 0 saturated carbocycles. The standard InChI is InChI=1S/C12H14N2O2S2/c13-8-11-6-7-12(17-11)18(15,16)14-9-10-4-2-1-3-5-10/h1-7,14H,8-9,13H2. The topological polar surface area (TPSA) is 72.2 Å². The van der Waals surface area contributed by atoms with Crippen LogP contribution in [0, 0.1) is 0 Å². The second kappa shape index (κ2) is 5.62. The van der Waals surface area contributed by atoms with Gasteiger partial charge in [-0.05, 0) is 17.7 Å². The van der Waals surface area contributed by atoms with Crippen molar-refractivity contribution < 1.29 is 8.42 Å². The summed E-state index contributed by atoms with van der Waals surface area (Å²) in [6, 6.07) is 12.7. The van der Waals surface area contributed by atoms with Crippen molar-refractivity contribution in [1.82, 2.24) is 4.72 Å². The van der Waals surface area contributed by atoms with Gasteiger partial charge in [-0.25, -0.2) is 13.1 Å². The molecule has 0 spiro atoms. The second-order valence-corrected chi connectivity index (χ2v) is 6.90. The average molecular weight is 282 g/mol. The van der Waals surface area contributed by atoms with Crippen LogP contribution in [0.25, 0.3) is 0 Å². The highest BCUT2D eigenvalue weighted by atomic mass is 32.2. The number of sulfonamides is 1. The van der Waals surface area contributed by atoms with Gasteiger partial charge in [-0.3, -0.25) is 0 Å². The van der Waals surface area contributed by atoms with Crippen LogP contribution in [-0.2, 0) is 23.1 Å². The summed E-state index contributed by atoms with van der Waals surface area (Å²) in [5.74, 6) is 0. The molecular weight excluding hydrogens is 268 g/mol. The summed E-state index contributed by atoms with van der Waals surface area (Å²) in [5, 5.41) is 0. The van der Waals surface area contributed by atoms with Gasteiger partial charge in [0.2, 0.25) is 10.0 Å². The fourth-order valence-corrected chi connectivity index (χ4v) is 3.75. The first-order valence-electron chi connectivity index (χ1n) is 5.44. The number of hydrogen-bond donors (Lipinski definition) is 2. The summed E-state index contributed by atoms with van der Waals surface area (Å²) in [7, 11) is -3.43. The molecule has 0 fully saturated rings. The van der Waals surface area contributed by atoms with Crippen LogP contribution in [0.2, 0.25) is 0 Å². The number of nitrogens with one attached hydrogen (secondary N) is 1. The molecule has 4 nitrogen and oxygen atoms in total. The summed E-state index contributed by atoms with van der Waals surface area (Å²) < 4.78 is 26.9. The van der Waals surface area contributed by atoms with Crippen molar-refractivity contribution in [2.75, 3.05) is 0 Å². The van der Waals surface area contributed by atoms with Gasteiger partial charge in [-0.2, -0.15) is 0 Å². The summed E-state index contributed by atoms with van der Waals surface area (Å²) in [4.78, 5) is 0.857. The first-order chi connectivity index (χ1) is 8.62. The van der Waals surface area contributed by atoms with Crippen LogP contribution < -0.4 is 10.5 Å². The Hall–Kier alpha value is -1.21. The molecule has 0 aliphatic carbocycles. The maximum atomic E-state index is 12.0. The molecule has 96 valence electrons. The molecule has 1 aromatic heterocycles. The van der Waals surface area contributed by atoms with Crippen molar-refractivity contribution in [3.05, 3.63) is 52.9 Å². The van der Waals surface area contributed by atoms with Crippen LogP contribution in [0.1, 0.15) is 10.4 Å². The van der Waals surface area contributed by atoms with Crippen LogP contribution >= 0.6 is 11.3 Å². The quantitative estimate of drug-likeness (QED) is 0.876. The van der Waals surface area contributed by atoms with E-state index in [9.17, 15) is 8.42 Å². The fraction of sp³-hybridized carbons (Fsp3) is 0.167. The highest BCUT2D eigenvalue weighted by Crippen LogP contribution is 2.21. The minimum Gasteiger partial charge on any atom is -0.326 e. The maximum Gasteiger partial charge on any atom is 0.250 e. The number of rotatable bonds is 5. The number of hydrogen-bond acceptors (Lipinski definition) is 4. The Morgan fingerprint density at radius 1 is 1.11 bits per heavy atom. The molecule has 1 aromatic carbocycles. The first kappa shape index (κ1) is 13.2. The zero-order chi connectivity index (χ0) is 13.0. The monoisotopic (exact) mass is 282 g/mol. The summed E-state index contributed by atoms with van der Waals surface area (Å²) in [6.07, 6.45) is 0. The lowest BCUT2D eigenvalue weighted by molar-refractivity contribution is 0.583. The molecule has 0 saturated heterocycles. The molecule has 2 rings (SSSR count). The largest absolute Gasteiger partial charge is 0.326 e. The Balaban J connectivity index is 2.08. The predicted octanol–water partition coefficient (Wildman–Crippen LogP) is 1.69. The third kappa shape index (κ3) is 3.17. The van der Waals surface area contributed by atoms with Gasteiger partial charge in [-0.15, -0.1) is 11.3 Å². The number of thiophene rings is 1. The van der Waals surface area contributed by atoms with Crippen molar-refractivity contribution >= 4 is 21.4 Å². The van der Waals surface area contributed by atoms with Crippen molar-refractivity contribution in [2.24, 2.45) is 5.73 Å². The van der Waals surface area contributed by atoms with Crippen LogP contribution in [0.3, 0.4) is 0 Å². The first-order valence-corrected chi connectivity index (χ1v) is 7.74. The van der Waals surface area contributed by atoms with Gasteiger partial charge in [0.1, 0.15) is 4.21 Å². The van der Waals surface area contributed by atoms with Crippen LogP contribution in [0.5, 0.6) is 0 Å². The third-order valence-electron chi connectivity index (χ3n) is 2.41. The van der Waals surface area contributed by atoms with Crippen LogP contribution in [0.4, 0.5) is 0 Å². The van der Waals surface area contributed by atoms with Crippen molar-refractivity contribution in [1.29, 1.82) is 0 Å². The molecule has 0 aliphatic heterocycles. The minimum atomic E-state index is -3.43. The van der Waals surface area contributed by atoms with Crippen molar-refractivity contribution in [2.45, 2.75) is 17.3 Å². The Morgan fingerprint density at radius 2 is 1.83 bits per heavy atom. The van der Waals surface area contributed by atoms with E-state index in [1.807, 2.05) is 30.3 Å². The highest BCUT2D eigenvalue weighted by molar-refractivity contribution is 7.91. The highest BCUT2D eigenvalue weighted by Gasteiger charge is 2.15. The smallest absolute Gasteiger partial charge is 0.250 e. The van der Waals surface area contributed by atoms with Gasteiger partial charge in [0.05, 0.1) is 0 Å². The second-order valence-electron chi connectivity index (χ2n) is 3.74.